The van der Waals surface area contributed by atoms with Crippen LogP contribution >= 0.6 is 0 Å². The van der Waals surface area contributed by atoms with Crippen LogP contribution in [0.3, 0.4) is 0 Å². The Morgan fingerprint density at radius 2 is 2.07 bits per heavy atom. The van der Waals surface area contributed by atoms with E-state index in [1.165, 1.54) is 0 Å². The number of nitrogens with zero attached hydrogens (tertiary/aromatic N) is 1. The average molecular weight is 414 g/mol. The van der Waals surface area contributed by atoms with Gasteiger partial charge >= 0.3 is 0 Å². The first kappa shape index (κ1) is 21.8. The average Bonchev–Trinajstić information content (AvgIpc) is 3.25. The summed E-state index contributed by atoms with van der Waals surface area (Å²) in [6, 6.07) is 11.3. The van der Waals surface area contributed by atoms with Gasteiger partial charge in [-0.15, -0.1) is 0 Å². The molecule has 0 saturated carbocycles. The number of guanidine groups is 1. The third-order valence-corrected chi connectivity index (χ3v) is 4.89. The molecule has 1 fully saturated rings. The molecule has 1 aliphatic rings. The van der Waals surface area contributed by atoms with E-state index in [0.29, 0.717) is 37.0 Å². The van der Waals surface area contributed by atoms with Gasteiger partial charge in [0.1, 0.15) is 23.4 Å². The van der Waals surface area contributed by atoms with Crippen LogP contribution in [0.1, 0.15) is 30.0 Å². The lowest BCUT2D eigenvalue weighted by atomic mass is 10.1. The normalized spacial score (nSPS) is 16.4. The predicted molar refractivity (Wildman–Crippen MR) is 117 cm³/mol. The van der Waals surface area contributed by atoms with Gasteiger partial charge in [-0.05, 0) is 43.7 Å². The Hall–Kier alpha value is -2.93. The van der Waals surface area contributed by atoms with Crippen LogP contribution in [0.15, 0.2) is 41.4 Å². The highest BCUT2D eigenvalue weighted by molar-refractivity contribution is 5.79. The standard InChI is InChI=1S/C23H31N3O4/c1-4-24-23(26-14-18-12-19(28-3)7-8-21(18)27)25-13-17-6-5-16(2)11-22(17)30-20-9-10-29-15-20/h5-8,11-12,20,27H,4,9-10,13-15H2,1-3H3,(H2,24,25,26). The fourth-order valence-corrected chi connectivity index (χ4v) is 3.20. The van der Waals surface area contributed by atoms with Crippen LogP contribution in [0.5, 0.6) is 17.2 Å². The minimum atomic E-state index is 0.100. The van der Waals surface area contributed by atoms with E-state index in [1.54, 1.807) is 25.3 Å². The molecule has 1 heterocycles. The molecule has 1 saturated heterocycles. The third-order valence-electron chi connectivity index (χ3n) is 4.89. The molecule has 0 radical (unpaired) electrons. The van der Waals surface area contributed by atoms with Gasteiger partial charge in [-0.2, -0.15) is 0 Å². The Kier molecular flexibility index (Phi) is 7.79. The lowest BCUT2D eigenvalue weighted by Gasteiger charge is -2.18. The maximum Gasteiger partial charge on any atom is 0.191 e. The number of ether oxygens (including phenoxy) is 3. The van der Waals surface area contributed by atoms with Gasteiger partial charge in [0.05, 0.1) is 26.9 Å². The molecule has 0 amide bonds. The van der Waals surface area contributed by atoms with Crippen molar-refractivity contribution in [1.82, 2.24) is 10.6 Å². The van der Waals surface area contributed by atoms with E-state index >= 15 is 0 Å². The Bertz CT molecular complexity index is 864. The number of hydrogen-bond acceptors (Lipinski definition) is 5. The molecule has 162 valence electrons. The Morgan fingerprint density at radius 3 is 2.80 bits per heavy atom. The molecule has 3 rings (SSSR count). The van der Waals surface area contributed by atoms with Gasteiger partial charge < -0.3 is 30.0 Å². The Morgan fingerprint density at radius 1 is 1.20 bits per heavy atom. The molecule has 7 nitrogen and oxygen atoms in total. The molecule has 2 aromatic carbocycles. The van der Waals surface area contributed by atoms with E-state index in [4.69, 9.17) is 14.2 Å². The largest absolute Gasteiger partial charge is 0.508 e. The predicted octanol–water partition coefficient (Wildman–Crippen LogP) is 3.13. The number of phenols is 1. The van der Waals surface area contributed by atoms with Gasteiger partial charge in [0.15, 0.2) is 5.96 Å². The van der Waals surface area contributed by atoms with Gasteiger partial charge in [-0.1, -0.05) is 12.1 Å². The van der Waals surface area contributed by atoms with E-state index in [0.717, 1.165) is 36.4 Å². The van der Waals surface area contributed by atoms with Gasteiger partial charge in [0, 0.05) is 30.6 Å². The van der Waals surface area contributed by atoms with Crippen molar-refractivity contribution >= 4 is 5.96 Å². The van der Waals surface area contributed by atoms with Crippen molar-refractivity contribution < 1.29 is 19.3 Å². The summed E-state index contributed by atoms with van der Waals surface area (Å²) in [6.45, 7) is 7.08. The molecule has 7 heteroatoms. The smallest absolute Gasteiger partial charge is 0.191 e. The van der Waals surface area contributed by atoms with Crippen LogP contribution in [-0.4, -0.2) is 44.0 Å². The summed E-state index contributed by atoms with van der Waals surface area (Å²) in [6.07, 6.45) is 1.01. The number of aliphatic imine (C=N–C) groups is 1. The minimum Gasteiger partial charge on any atom is -0.508 e. The molecule has 30 heavy (non-hydrogen) atoms. The third kappa shape index (κ3) is 6.03. The summed E-state index contributed by atoms with van der Waals surface area (Å²) >= 11 is 0. The summed E-state index contributed by atoms with van der Waals surface area (Å²) in [7, 11) is 1.60. The highest BCUT2D eigenvalue weighted by Gasteiger charge is 2.18. The number of hydrogen-bond donors (Lipinski definition) is 3. The number of phenolic OH excluding ortho intramolecular Hbond substituents is 1. The van der Waals surface area contributed by atoms with Crippen molar-refractivity contribution in [2.45, 2.75) is 39.5 Å². The van der Waals surface area contributed by atoms with Crippen molar-refractivity contribution in [3.8, 4) is 17.2 Å². The first-order valence-corrected chi connectivity index (χ1v) is 10.3. The van der Waals surface area contributed by atoms with Crippen LogP contribution in [0.25, 0.3) is 0 Å². The molecular weight excluding hydrogens is 382 g/mol. The molecule has 0 spiro atoms. The summed E-state index contributed by atoms with van der Waals surface area (Å²) in [4.78, 5) is 4.60. The van der Waals surface area contributed by atoms with E-state index < -0.39 is 0 Å². The second-order valence-corrected chi connectivity index (χ2v) is 7.26. The van der Waals surface area contributed by atoms with Gasteiger partial charge in [-0.25, -0.2) is 4.99 Å². The monoisotopic (exact) mass is 413 g/mol. The quantitative estimate of drug-likeness (QED) is 0.456. The lowest BCUT2D eigenvalue weighted by molar-refractivity contribution is 0.140. The molecular formula is C23H31N3O4. The zero-order chi connectivity index (χ0) is 21.3. The number of nitrogens with one attached hydrogen (secondary N) is 2. The molecule has 1 aliphatic heterocycles. The van der Waals surface area contributed by atoms with E-state index in [1.807, 2.05) is 6.92 Å². The number of benzene rings is 2. The molecule has 0 aliphatic carbocycles. The molecule has 1 atom stereocenters. The summed E-state index contributed by atoms with van der Waals surface area (Å²) in [5, 5.41) is 16.7. The number of methoxy groups -OCH3 is 1. The van der Waals surface area contributed by atoms with Gasteiger partial charge in [-0.3, -0.25) is 0 Å². The van der Waals surface area contributed by atoms with Crippen molar-refractivity contribution in [3.05, 3.63) is 53.1 Å². The van der Waals surface area contributed by atoms with E-state index in [9.17, 15) is 5.11 Å². The second kappa shape index (κ2) is 10.7. The van der Waals surface area contributed by atoms with Crippen molar-refractivity contribution in [2.24, 2.45) is 4.99 Å². The Labute approximate surface area is 178 Å². The van der Waals surface area contributed by atoms with Crippen LogP contribution < -0.4 is 20.1 Å². The van der Waals surface area contributed by atoms with Crippen molar-refractivity contribution in [1.29, 1.82) is 0 Å². The first-order valence-electron chi connectivity index (χ1n) is 10.3. The SMILES string of the molecule is CCNC(=NCc1cc(OC)ccc1O)NCc1ccc(C)cc1OC1CCOC1. The summed E-state index contributed by atoms with van der Waals surface area (Å²) in [5.74, 6) is 2.42. The van der Waals surface area contributed by atoms with Crippen LogP contribution in [0.2, 0.25) is 0 Å². The fraction of sp³-hybridized carbons (Fsp3) is 0.435. The van der Waals surface area contributed by atoms with Crippen LogP contribution in [-0.2, 0) is 17.8 Å². The molecule has 2 aromatic rings. The lowest BCUT2D eigenvalue weighted by Crippen LogP contribution is -2.37. The molecule has 3 N–H and O–H groups in total. The minimum absolute atomic E-state index is 0.100. The maximum atomic E-state index is 10.1. The molecule has 1 unspecified atom stereocenters. The highest BCUT2D eigenvalue weighted by Crippen LogP contribution is 2.25. The van der Waals surface area contributed by atoms with Gasteiger partial charge in [0.2, 0.25) is 0 Å². The van der Waals surface area contributed by atoms with Crippen LogP contribution in [0, 0.1) is 6.92 Å². The van der Waals surface area contributed by atoms with E-state index in [2.05, 4.69) is 40.7 Å². The Balaban J connectivity index is 1.69. The number of rotatable bonds is 8. The topological polar surface area (TPSA) is 84.3 Å². The fourth-order valence-electron chi connectivity index (χ4n) is 3.20. The summed E-state index contributed by atoms with van der Waals surface area (Å²) in [5.41, 5.74) is 2.91. The molecule has 0 bridgehead atoms. The van der Waals surface area contributed by atoms with Crippen molar-refractivity contribution in [2.75, 3.05) is 26.9 Å². The first-order chi connectivity index (χ1) is 14.6. The summed E-state index contributed by atoms with van der Waals surface area (Å²) < 4.78 is 16.8. The van der Waals surface area contributed by atoms with Crippen LogP contribution in [0.4, 0.5) is 0 Å². The zero-order valence-electron chi connectivity index (χ0n) is 17.9. The van der Waals surface area contributed by atoms with Gasteiger partial charge in [0.25, 0.3) is 0 Å². The molecule has 0 aromatic heterocycles. The van der Waals surface area contributed by atoms with E-state index in [-0.39, 0.29) is 11.9 Å². The highest BCUT2D eigenvalue weighted by atomic mass is 16.5. The number of aromatic hydroxyl groups is 1. The second-order valence-electron chi connectivity index (χ2n) is 7.26. The van der Waals surface area contributed by atoms with Crippen molar-refractivity contribution in [3.63, 3.8) is 0 Å². The number of aryl methyl sites for hydroxylation is 1. The maximum absolute atomic E-state index is 10.1. The zero-order valence-corrected chi connectivity index (χ0v) is 17.9.